The Morgan fingerprint density at radius 1 is 1.06 bits per heavy atom. The summed E-state index contributed by atoms with van der Waals surface area (Å²) >= 11 is 1.57. The van der Waals surface area contributed by atoms with Gasteiger partial charge in [0.25, 0.3) is 11.8 Å². The van der Waals surface area contributed by atoms with E-state index in [2.05, 4.69) is 14.9 Å². The van der Waals surface area contributed by atoms with E-state index in [4.69, 9.17) is 0 Å². The molecule has 35 heavy (non-hydrogen) atoms. The maximum Gasteiger partial charge on any atom is 0.255 e. The first-order valence-corrected chi connectivity index (χ1v) is 12.3. The van der Waals surface area contributed by atoms with Gasteiger partial charge in [-0.3, -0.25) is 9.59 Å². The molecule has 2 amide bonds. The number of benzene rings is 2. The van der Waals surface area contributed by atoms with Crippen LogP contribution in [0.2, 0.25) is 0 Å². The minimum Gasteiger partial charge on any atom is -0.380 e. The lowest BCUT2D eigenvalue weighted by Crippen LogP contribution is -2.49. The molecule has 0 radical (unpaired) electrons. The summed E-state index contributed by atoms with van der Waals surface area (Å²) in [6, 6.07) is 17.6. The number of carbonyl (C=O) groups is 2. The number of amides is 2. The van der Waals surface area contributed by atoms with Crippen LogP contribution in [0.15, 0.2) is 60.0 Å². The molecule has 9 heteroatoms. The summed E-state index contributed by atoms with van der Waals surface area (Å²) in [5, 5.41) is 25.2. The first-order valence-electron chi connectivity index (χ1n) is 11.4. The number of fused-ring (bicyclic) bond motifs is 2. The third-order valence-electron chi connectivity index (χ3n) is 6.31. The molecule has 2 aromatic carbocycles. The number of aliphatic hydroxyl groups excluding tert-OH is 2. The number of aliphatic hydroxyl groups is 2. The predicted octanol–water partition coefficient (Wildman–Crippen LogP) is 2.33. The maximum atomic E-state index is 12.6. The van der Waals surface area contributed by atoms with Crippen molar-refractivity contribution in [2.45, 2.75) is 45.3 Å². The number of rotatable bonds is 7. The van der Waals surface area contributed by atoms with Gasteiger partial charge in [-0.15, -0.1) is 11.3 Å². The first kappa shape index (κ1) is 23.2. The van der Waals surface area contributed by atoms with Crippen molar-refractivity contribution in [3.05, 3.63) is 87.4 Å². The van der Waals surface area contributed by atoms with E-state index in [1.54, 1.807) is 11.3 Å². The Labute approximate surface area is 206 Å². The molecular weight excluding hydrogens is 464 g/mol. The molecule has 0 saturated heterocycles. The van der Waals surface area contributed by atoms with E-state index in [-0.39, 0.29) is 6.54 Å². The maximum absolute atomic E-state index is 12.6. The molecule has 3 heterocycles. The molecule has 0 saturated carbocycles. The molecule has 1 aliphatic heterocycles. The standard InChI is InChI=1S/C26H26N4O4S/c1-16-28-21-8-4-5-9-22(21)30(16)14-20-10-17(15-35-20)11-27-25(33)23(31)24(32)26(34)29-12-18-6-2-3-7-19(18)13-29/h2-10,15,23-24,31-32H,11-14H2,1H3,(H,27,33)/t23-,24-/m1/s1. The zero-order valence-corrected chi connectivity index (χ0v) is 20.0. The van der Waals surface area contributed by atoms with Crippen LogP contribution >= 0.6 is 11.3 Å². The summed E-state index contributed by atoms with van der Waals surface area (Å²) in [6.45, 7) is 3.53. The van der Waals surface area contributed by atoms with Gasteiger partial charge in [0.2, 0.25) is 0 Å². The smallest absolute Gasteiger partial charge is 0.255 e. The fourth-order valence-corrected chi connectivity index (χ4v) is 5.28. The quantitative estimate of drug-likeness (QED) is 0.369. The first-order chi connectivity index (χ1) is 16.9. The number of nitrogens with one attached hydrogen (secondary N) is 1. The highest BCUT2D eigenvalue weighted by molar-refractivity contribution is 7.10. The van der Waals surface area contributed by atoms with E-state index >= 15 is 0 Å². The summed E-state index contributed by atoms with van der Waals surface area (Å²) in [6.07, 6.45) is -3.66. The molecule has 2 aromatic heterocycles. The average Bonchev–Trinajstić information content (AvgIpc) is 3.58. The third-order valence-corrected chi connectivity index (χ3v) is 7.28. The molecule has 0 aliphatic carbocycles. The molecule has 2 atom stereocenters. The van der Waals surface area contributed by atoms with Crippen molar-refractivity contribution in [2.24, 2.45) is 0 Å². The van der Waals surface area contributed by atoms with E-state index in [0.29, 0.717) is 19.6 Å². The molecule has 0 fully saturated rings. The third kappa shape index (κ3) is 4.70. The fourth-order valence-electron chi connectivity index (χ4n) is 4.40. The van der Waals surface area contributed by atoms with Gasteiger partial charge in [0.05, 0.1) is 17.6 Å². The number of aryl methyl sites for hydroxylation is 1. The van der Waals surface area contributed by atoms with Crippen molar-refractivity contribution in [3.63, 3.8) is 0 Å². The van der Waals surface area contributed by atoms with Gasteiger partial charge in [-0.2, -0.15) is 0 Å². The topological polar surface area (TPSA) is 108 Å². The Bertz CT molecular complexity index is 1370. The zero-order valence-electron chi connectivity index (χ0n) is 19.2. The second-order valence-corrected chi connectivity index (χ2v) is 9.72. The minimum absolute atomic E-state index is 0.187. The summed E-state index contributed by atoms with van der Waals surface area (Å²) < 4.78 is 2.14. The summed E-state index contributed by atoms with van der Waals surface area (Å²) in [7, 11) is 0. The van der Waals surface area contributed by atoms with Gasteiger partial charge < -0.3 is 25.0 Å². The molecule has 180 valence electrons. The number of aromatic nitrogens is 2. The Morgan fingerprint density at radius 3 is 2.49 bits per heavy atom. The van der Waals surface area contributed by atoms with Crippen molar-refractivity contribution >= 4 is 34.2 Å². The van der Waals surface area contributed by atoms with Crippen molar-refractivity contribution < 1.29 is 19.8 Å². The van der Waals surface area contributed by atoms with Crippen molar-refractivity contribution in [1.29, 1.82) is 0 Å². The molecule has 1 aliphatic rings. The van der Waals surface area contributed by atoms with Crippen LogP contribution in [0.5, 0.6) is 0 Å². The lowest BCUT2D eigenvalue weighted by atomic mass is 10.1. The van der Waals surface area contributed by atoms with Gasteiger partial charge in [0.1, 0.15) is 5.82 Å². The normalized spacial score (nSPS) is 14.7. The summed E-state index contributed by atoms with van der Waals surface area (Å²) in [4.78, 5) is 32.2. The summed E-state index contributed by atoms with van der Waals surface area (Å²) in [5.74, 6) is -0.520. The minimum atomic E-state index is -1.84. The molecule has 5 rings (SSSR count). The number of carbonyl (C=O) groups excluding carboxylic acids is 2. The van der Waals surface area contributed by atoms with Crippen LogP contribution < -0.4 is 5.32 Å². The van der Waals surface area contributed by atoms with Crippen LogP contribution in [0, 0.1) is 6.92 Å². The number of para-hydroxylation sites is 2. The van der Waals surface area contributed by atoms with Crippen LogP contribution in [0.3, 0.4) is 0 Å². The van der Waals surface area contributed by atoms with E-state index in [1.165, 1.54) is 4.90 Å². The van der Waals surface area contributed by atoms with Gasteiger partial charge in [-0.05, 0) is 47.2 Å². The van der Waals surface area contributed by atoms with E-state index in [9.17, 15) is 19.8 Å². The zero-order chi connectivity index (χ0) is 24.5. The monoisotopic (exact) mass is 490 g/mol. The molecule has 3 N–H and O–H groups in total. The van der Waals surface area contributed by atoms with Crippen molar-refractivity contribution in [3.8, 4) is 0 Å². The van der Waals surface area contributed by atoms with Gasteiger partial charge in [-0.1, -0.05) is 36.4 Å². The number of nitrogens with zero attached hydrogens (tertiary/aromatic N) is 3. The van der Waals surface area contributed by atoms with Crippen molar-refractivity contribution in [1.82, 2.24) is 19.8 Å². The van der Waals surface area contributed by atoms with E-state index in [1.807, 2.05) is 66.9 Å². The highest BCUT2D eigenvalue weighted by atomic mass is 32.1. The lowest BCUT2D eigenvalue weighted by molar-refractivity contribution is -0.153. The fraction of sp³-hybridized carbons (Fsp3) is 0.269. The molecule has 0 bridgehead atoms. The summed E-state index contributed by atoms with van der Waals surface area (Å²) in [5.41, 5.74) is 4.90. The second-order valence-electron chi connectivity index (χ2n) is 8.73. The second kappa shape index (κ2) is 9.61. The Morgan fingerprint density at radius 2 is 1.74 bits per heavy atom. The Hall–Kier alpha value is -3.53. The lowest BCUT2D eigenvalue weighted by Gasteiger charge is -2.22. The highest BCUT2D eigenvalue weighted by Gasteiger charge is 2.35. The van der Waals surface area contributed by atoms with Crippen molar-refractivity contribution in [2.75, 3.05) is 0 Å². The molecule has 8 nitrogen and oxygen atoms in total. The largest absolute Gasteiger partial charge is 0.380 e. The van der Waals surface area contributed by atoms with Gasteiger partial charge in [-0.25, -0.2) is 4.98 Å². The molecular formula is C26H26N4O4S. The highest BCUT2D eigenvalue weighted by Crippen LogP contribution is 2.24. The SMILES string of the molecule is Cc1nc2ccccc2n1Cc1cc(CNC(=O)[C@H](O)[C@@H](O)C(=O)N2Cc3ccccc3C2)cs1. The van der Waals surface area contributed by atoms with Crippen LogP contribution in [-0.4, -0.2) is 48.7 Å². The predicted molar refractivity (Wildman–Crippen MR) is 132 cm³/mol. The molecule has 0 unspecified atom stereocenters. The van der Waals surface area contributed by atoms with Crippen LogP contribution in [0.4, 0.5) is 0 Å². The average molecular weight is 491 g/mol. The van der Waals surface area contributed by atoms with Crippen LogP contribution in [0.1, 0.15) is 27.4 Å². The number of imidazole rings is 1. The van der Waals surface area contributed by atoms with Gasteiger partial charge in [0.15, 0.2) is 12.2 Å². The van der Waals surface area contributed by atoms with E-state index in [0.717, 1.165) is 38.4 Å². The Balaban J connectivity index is 1.16. The Kier molecular flexibility index (Phi) is 6.38. The number of thiophene rings is 1. The van der Waals surface area contributed by atoms with Crippen LogP contribution in [0.25, 0.3) is 11.0 Å². The van der Waals surface area contributed by atoms with Crippen LogP contribution in [-0.2, 0) is 35.8 Å². The molecule has 4 aromatic rings. The number of hydrogen-bond acceptors (Lipinski definition) is 6. The van der Waals surface area contributed by atoms with Gasteiger partial charge >= 0.3 is 0 Å². The molecule has 0 spiro atoms. The van der Waals surface area contributed by atoms with E-state index < -0.39 is 24.0 Å². The number of hydrogen-bond donors (Lipinski definition) is 3. The van der Waals surface area contributed by atoms with Gasteiger partial charge in [0, 0.05) is 24.5 Å².